The number of carbonyl (C=O) groups is 2. The van der Waals surface area contributed by atoms with Gasteiger partial charge in [0.1, 0.15) is 12.7 Å². The molecule has 3 rings (SSSR count). The maximum Gasteiger partial charge on any atom is 0.333 e. The molecule has 1 saturated heterocycles. The molecule has 7 nitrogen and oxygen atoms in total. The molecule has 1 aliphatic carbocycles. The lowest BCUT2D eigenvalue weighted by molar-refractivity contribution is -0.135. The highest BCUT2D eigenvalue weighted by Crippen LogP contribution is 2.36. The van der Waals surface area contributed by atoms with Gasteiger partial charge in [-0.25, -0.2) is 4.79 Å². The van der Waals surface area contributed by atoms with Gasteiger partial charge in [-0.2, -0.15) is 0 Å². The molecule has 4 N–H and O–H groups in total. The van der Waals surface area contributed by atoms with Crippen LogP contribution in [0.5, 0.6) is 0 Å². The number of hydrogen-bond acceptors (Lipinski definition) is 6. The van der Waals surface area contributed by atoms with E-state index >= 15 is 0 Å². The van der Waals surface area contributed by atoms with Gasteiger partial charge in [0.25, 0.3) is 5.91 Å². The Kier molecular flexibility index (Phi) is 6.58. The number of esters is 1. The Hall–Kier alpha value is -1.86. The molecule has 4 unspecified atom stereocenters. The molecule has 2 heterocycles. The lowest BCUT2D eigenvalue weighted by Gasteiger charge is -2.13. The number of fused-ring (bicyclic) bond motifs is 1. The van der Waals surface area contributed by atoms with Crippen LogP contribution in [0.25, 0.3) is 0 Å². The molecule has 1 saturated carbocycles. The molecule has 0 bridgehead atoms. The van der Waals surface area contributed by atoms with Crippen LogP contribution in [0, 0.1) is 5.92 Å². The van der Waals surface area contributed by atoms with Gasteiger partial charge in [-0.1, -0.05) is 13.8 Å². The Morgan fingerprint density at radius 1 is 1.32 bits per heavy atom. The predicted molar refractivity (Wildman–Crippen MR) is 78.8 cm³/mol. The molecule has 0 radical (unpaired) electrons. The van der Waals surface area contributed by atoms with Gasteiger partial charge < -0.3 is 25.4 Å². The Morgan fingerprint density at radius 3 is 2.36 bits per heavy atom. The second kappa shape index (κ2) is 7.95. The fourth-order valence-electron chi connectivity index (χ4n) is 2.53. The highest BCUT2D eigenvalue weighted by molar-refractivity contribution is 5.96. The highest BCUT2D eigenvalue weighted by Gasteiger charge is 2.50. The first-order valence-corrected chi connectivity index (χ1v) is 7.31. The number of aliphatic hydroxyl groups excluding tert-OH is 3. The average Bonchev–Trinajstić information content (AvgIpc) is 3.11. The fraction of sp³-hybridized carbons (Fsp3) is 0.600. The average molecular weight is 313 g/mol. The number of cyclic esters (lactones) is 1. The van der Waals surface area contributed by atoms with Gasteiger partial charge >= 0.3 is 5.97 Å². The van der Waals surface area contributed by atoms with Crippen LogP contribution in [0.1, 0.15) is 27.2 Å². The molecule has 7 heteroatoms. The first-order chi connectivity index (χ1) is 10.5. The van der Waals surface area contributed by atoms with E-state index in [0.717, 1.165) is 11.8 Å². The van der Waals surface area contributed by atoms with Crippen LogP contribution in [-0.2, 0) is 14.3 Å². The number of ether oxygens (including phenoxy) is 1. The van der Waals surface area contributed by atoms with E-state index < -0.39 is 18.2 Å². The van der Waals surface area contributed by atoms with Crippen molar-refractivity contribution < 1.29 is 29.6 Å². The third kappa shape index (κ3) is 3.66. The SMILES string of the molecule is CC.CC1=CCOC1=O.O=C1NC2C(CC(O)C2O)/C1=C\O. The molecule has 2 aliphatic heterocycles. The number of amides is 1. The topological polar surface area (TPSA) is 116 Å². The van der Waals surface area contributed by atoms with Gasteiger partial charge in [0.15, 0.2) is 0 Å². The smallest absolute Gasteiger partial charge is 0.333 e. The van der Waals surface area contributed by atoms with Crippen molar-refractivity contribution in [1.29, 1.82) is 0 Å². The molecule has 0 aromatic rings. The Labute approximate surface area is 129 Å². The summed E-state index contributed by atoms with van der Waals surface area (Å²) in [5.74, 6) is -0.800. The van der Waals surface area contributed by atoms with Crippen molar-refractivity contribution >= 4 is 11.9 Å². The van der Waals surface area contributed by atoms with Gasteiger partial charge in [-0.3, -0.25) is 4.79 Å². The minimum atomic E-state index is -0.925. The minimum absolute atomic E-state index is 0.181. The zero-order valence-corrected chi connectivity index (χ0v) is 12.9. The lowest BCUT2D eigenvalue weighted by atomic mass is 9.99. The quantitative estimate of drug-likeness (QED) is 0.288. The van der Waals surface area contributed by atoms with E-state index in [1.807, 2.05) is 13.8 Å². The van der Waals surface area contributed by atoms with Crippen molar-refractivity contribution in [3.63, 3.8) is 0 Å². The lowest BCUT2D eigenvalue weighted by Crippen LogP contribution is -2.39. The molecule has 0 aromatic heterocycles. The van der Waals surface area contributed by atoms with E-state index in [4.69, 9.17) is 5.11 Å². The summed E-state index contributed by atoms with van der Waals surface area (Å²) in [7, 11) is 0. The molecule has 124 valence electrons. The molecule has 0 spiro atoms. The molecular formula is C15H23NO6. The summed E-state index contributed by atoms with van der Waals surface area (Å²) in [5, 5.41) is 30.0. The molecule has 4 atom stereocenters. The van der Waals surface area contributed by atoms with Crippen LogP contribution in [0.15, 0.2) is 23.5 Å². The summed E-state index contributed by atoms with van der Waals surface area (Å²) in [6.45, 7) is 6.21. The molecule has 0 aromatic carbocycles. The molecule has 1 amide bonds. The largest absolute Gasteiger partial charge is 0.515 e. The van der Waals surface area contributed by atoms with Crippen LogP contribution in [0.4, 0.5) is 0 Å². The Morgan fingerprint density at radius 2 is 1.95 bits per heavy atom. The van der Waals surface area contributed by atoms with Crippen molar-refractivity contribution in [3.8, 4) is 0 Å². The number of nitrogens with one attached hydrogen (secondary N) is 1. The first kappa shape index (κ1) is 18.2. The second-order valence-electron chi connectivity index (χ2n) is 4.97. The van der Waals surface area contributed by atoms with Crippen LogP contribution >= 0.6 is 0 Å². The predicted octanol–water partition coefficient (Wildman–Crippen LogP) is 0.184. The highest BCUT2D eigenvalue weighted by atomic mass is 16.5. The van der Waals surface area contributed by atoms with Crippen molar-refractivity contribution in [2.45, 2.75) is 45.4 Å². The van der Waals surface area contributed by atoms with Crippen molar-refractivity contribution in [3.05, 3.63) is 23.5 Å². The van der Waals surface area contributed by atoms with E-state index in [1.54, 1.807) is 13.0 Å². The van der Waals surface area contributed by atoms with E-state index in [-0.39, 0.29) is 23.4 Å². The van der Waals surface area contributed by atoms with Gasteiger partial charge in [0.05, 0.1) is 24.0 Å². The maximum atomic E-state index is 11.1. The minimum Gasteiger partial charge on any atom is -0.515 e. The second-order valence-corrected chi connectivity index (χ2v) is 4.97. The zero-order valence-electron chi connectivity index (χ0n) is 12.9. The summed E-state index contributed by atoms with van der Waals surface area (Å²) < 4.78 is 4.53. The first-order valence-electron chi connectivity index (χ1n) is 7.31. The molecule has 22 heavy (non-hydrogen) atoms. The summed E-state index contributed by atoms with van der Waals surface area (Å²) in [6.07, 6.45) is 1.10. The summed E-state index contributed by atoms with van der Waals surface area (Å²) in [6, 6.07) is -0.444. The zero-order chi connectivity index (χ0) is 16.9. The summed E-state index contributed by atoms with van der Waals surface area (Å²) >= 11 is 0. The van der Waals surface area contributed by atoms with E-state index in [9.17, 15) is 19.8 Å². The van der Waals surface area contributed by atoms with Crippen molar-refractivity contribution in [2.24, 2.45) is 5.92 Å². The molecule has 2 fully saturated rings. The van der Waals surface area contributed by atoms with E-state index in [1.165, 1.54) is 0 Å². The third-order valence-corrected chi connectivity index (χ3v) is 3.72. The number of rotatable bonds is 0. The number of aliphatic hydroxyl groups is 3. The van der Waals surface area contributed by atoms with Crippen LogP contribution in [0.3, 0.4) is 0 Å². The van der Waals surface area contributed by atoms with Gasteiger partial charge in [-0.15, -0.1) is 0 Å². The van der Waals surface area contributed by atoms with Gasteiger partial charge in [0.2, 0.25) is 0 Å². The third-order valence-electron chi connectivity index (χ3n) is 3.72. The number of carbonyl (C=O) groups excluding carboxylic acids is 2. The van der Waals surface area contributed by atoms with Crippen LogP contribution < -0.4 is 5.32 Å². The Balaban J connectivity index is 0.000000228. The summed E-state index contributed by atoms with van der Waals surface area (Å²) in [4.78, 5) is 21.4. The van der Waals surface area contributed by atoms with Crippen LogP contribution in [0.2, 0.25) is 0 Å². The molecule has 3 aliphatic rings. The van der Waals surface area contributed by atoms with Crippen LogP contribution in [-0.4, -0.2) is 52.1 Å². The van der Waals surface area contributed by atoms with E-state index in [2.05, 4.69) is 10.1 Å². The summed E-state index contributed by atoms with van der Waals surface area (Å²) in [5.41, 5.74) is 0.973. The number of hydrogen-bond donors (Lipinski definition) is 4. The molecular weight excluding hydrogens is 290 g/mol. The fourth-order valence-corrected chi connectivity index (χ4v) is 2.53. The normalized spacial score (nSPS) is 33.9. The van der Waals surface area contributed by atoms with Gasteiger partial charge in [0, 0.05) is 11.5 Å². The monoisotopic (exact) mass is 313 g/mol. The standard InChI is InChI=1S/C8H11NO4.C5H6O2.C2H6/c10-2-4-3-1-5(11)7(12)6(3)9-8(4)13;1-4-2-3-7-5(4)6;1-2/h2-3,5-7,10-12H,1H2,(H,9,13);2H,3H2,1H3;1-2H3/b4-2+;;. The Bertz CT molecular complexity index is 484. The van der Waals surface area contributed by atoms with E-state index in [0.29, 0.717) is 13.0 Å². The van der Waals surface area contributed by atoms with Crippen molar-refractivity contribution in [1.82, 2.24) is 5.32 Å². The van der Waals surface area contributed by atoms with Crippen molar-refractivity contribution in [2.75, 3.05) is 6.61 Å². The van der Waals surface area contributed by atoms with Gasteiger partial charge in [-0.05, 0) is 19.4 Å². The maximum absolute atomic E-state index is 11.1.